The largest absolute Gasteiger partial charge is 0.313 e. The lowest BCUT2D eigenvalue weighted by atomic mass is 10.2. The molecule has 1 saturated heterocycles. The van der Waals surface area contributed by atoms with Gasteiger partial charge in [0.15, 0.2) is 0 Å². The molecule has 0 bridgehead atoms. The van der Waals surface area contributed by atoms with Crippen molar-refractivity contribution in [2.45, 2.75) is 19.9 Å². The van der Waals surface area contributed by atoms with Gasteiger partial charge in [-0.1, -0.05) is 13.5 Å². The van der Waals surface area contributed by atoms with Crippen molar-refractivity contribution in [3.63, 3.8) is 0 Å². The highest BCUT2D eigenvalue weighted by molar-refractivity contribution is 5.00. The summed E-state index contributed by atoms with van der Waals surface area (Å²) in [4.78, 5) is 4.92. The Balaban J connectivity index is 2.24. The van der Waals surface area contributed by atoms with Crippen molar-refractivity contribution in [3.05, 3.63) is 12.2 Å². The fraction of sp³-hybridized carbons (Fsp3) is 0.833. The zero-order valence-corrected chi connectivity index (χ0v) is 10.4. The summed E-state index contributed by atoms with van der Waals surface area (Å²) in [6, 6.07) is 0.672. The third kappa shape index (κ3) is 4.33. The van der Waals surface area contributed by atoms with E-state index < -0.39 is 0 Å². The molecule has 1 aliphatic heterocycles. The average Bonchev–Trinajstić information content (AvgIpc) is 2.20. The molecule has 0 saturated carbocycles. The van der Waals surface area contributed by atoms with E-state index in [1.54, 1.807) is 0 Å². The third-order valence-corrected chi connectivity index (χ3v) is 3.12. The van der Waals surface area contributed by atoms with Crippen molar-refractivity contribution < 1.29 is 0 Å². The normalized spacial score (nSPS) is 24.3. The topological polar surface area (TPSA) is 18.5 Å². The summed E-state index contributed by atoms with van der Waals surface area (Å²) in [5.74, 6) is 0. The molecule has 0 aromatic rings. The van der Waals surface area contributed by atoms with E-state index in [2.05, 4.69) is 42.6 Å². The number of rotatable bonds is 5. The molecule has 0 amide bonds. The van der Waals surface area contributed by atoms with Gasteiger partial charge in [-0.05, 0) is 26.1 Å². The lowest BCUT2D eigenvalue weighted by Crippen LogP contribution is -2.50. The van der Waals surface area contributed by atoms with E-state index in [-0.39, 0.29) is 0 Å². The number of nitrogens with one attached hydrogen (secondary N) is 1. The molecule has 0 aliphatic carbocycles. The van der Waals surface area contributed by atoms with Crippen LogP contribution in [0.5, 0.6) is 0 Å². The van der Waals surface area contributed by atoms with Crippen LogP contribution in [0.1, 0.15) is 13.8 Å². The molecule has 0 aromatic carbocycles. The smallest absolute Gasteiger partial charge is 0.0204 e. The molecule has 1 aliphatic rings. The van der Waals surface area contributed by atoms with Crippen molar-refractivity contribution in [1.82, 2.24) is 15.1 Å². The fourth-order valence-corrected chi connectivity index (χ4v) is 1.94. The molecule has 1 fully saturated rings. The first-order valence-corrected chi connectivity index (χ1v) is 5.93. The summed E-state index contributed by atoms with van der Waals surface area (Å²) in [6.45, 7) is 15.1. The van der Waals surface area contributed by atoms with E-state index in [1.165, 1.54) is 25.2 Å². The van der Waals surface area contributed by atoms with E-state index in [1.807, 2.05) is 0 Å². The molecule has 0 radical (unpaired) electrons. The molecule has 88 valence electrons. The highest BCUT2D eigenvalue weighted by Crippen LogP contribution is 2.08. The predicted octanol–water partition coefficient (Wildman–Crippen LogP) is 0.788. The van der Waals surface area contributed by atoms with E-state index in [0.717, 1.165) is 19.6 Å². The van der Waals surface area contributed by atoms with Crippen LogP contribution in [0, 0.1) is 0 Å². The Morgan fingerprint density at radius 2 is 2.20 bits per heavy atom. The van der Waals surface area contributed by atoms with Gasteiger partial charge in [-0.2, -0.15) is 0 Å². The van der Waals surface area contributed by atoms with Crippen LogP contribution in [-0.2, 0) is 0 Å². The van der Waals surface area contributed by atoms with E-state index in [4.69, 9.17) is 0 Å². The molecular formula is C12H25N3. The Morgan fingerprint density at radius 1 is 1.47 bits per heavy atom. The van der Waals surface area contributed by atoms with Gasteiger partial charge in [0, 0.05) is 38.8 Å². The molecule has 3 heteroatoms. The molecule has 1 heterocycles. The maximum absolute atomic E-state index is 4.11. The second-order valence-electron chi connectivity index (χ2n) is 4.60. The Kier molecular flexibility index (Phi) is 5.29. The maximum Gasteiger partial charge on any atom is 0.0204 e. The minimum Gasteiger partial charge on any atom is -0.313 e. The van der Waals surface area contributed by atoms with Gasteiger partial charge in [0.05, 0.1) is 0 Å². The van der Waals surface area contributed by atoms with Crippen LogP contribution in [-0.4, -0.2) is 62.2 Å². The van der Waals surface area contributed by atoms with E-state index >= 15 is 0 Å². The first-order chi connectivity index (χ1) is 7.13. The monoisotopic (exact) mass is 211 g/mol. The minimum absolute atomic E-state index is 0.672. The van der Waals surface area contributed by atoms with Crippen molar-refractivity contribution in [1.29, 1.82) is 0 Å². The highest BCUT2D eigenvalue weighted by Gasteiger charge is 2.20. The van der Waals surface area contributed by atoms with Gasteiger partial charge in [0.25, 0.3) is 0 Å². The predicted molar refractivity (Wildman–Crippen MR) is 66.2 cm³/mol. The van der Waals surface area contributed by atoms with E-state index in [0.29, 0.717) is 6.04 Å². The van der Waals surface area contributed by atoms with Gasteiger partial charge in [0.1, 0.15) is 0 Å². The fourth-order valence-electron chi connectivity index (χ4n) is 1.94. The van der Waals surface area contributed by atoms with Gasteiger partial charge in [-0.15, -0.1) is 0 Å². The lowest BCUT2D eigenvalue weighted by Gasteiger charge is -2.38. The molecule has 1 atom stereocenters. The summed E-state index contributed by atoms with van der Waals surface area (Å²) in [5, 5.41) is 3.32. The summed E-state index contributed by atoms with van der Waals surface area (Å²) in [6.07, 6.45) is 0. The van der Waals surface area contributed by atoms with Crippen LogP contribution in [0.15, 0.2) is 12.2 Å². The Bertz CT molecular complexity index is 203. The Labute approximate surface area is 94.1 Å². The summed E-state index contributed by atoms with van der Waals surface area (Å²) in [7, 11) is 2.20. The van der Waals surface area contributed by atoms with Gasteiger partial charge in [-0.3, -0.25) is 4.90 Å². The Morgan fingerprint density at radius 3 is 2.80 bits per heavy atom. The number of hydrogen-bond donors (Lipinski definition) is 1. The van der Waals surface area contributed by atoms with Gasteiger partial charge in [-0.25, -0.2) is 0 Å². The zero-order valence-electron chi connectivity index (χ0n) is 10.4. The van der Waals surface area contributed by atoms with Crippen LogP contribution < -0.4 is 5.32 Å². The summed E-state index contributed by atoms with van der Waals surface area (Å²) < 4.78 is 0. The van der Waals surface area contributed by atoms with Crippen LogP contribution in [0.2, 0.25) is 0 Å². The number of hydrogen-bond acceptors (Lipinski definition) is 3. The summed E-state index contributed by atoms with van der Waals surface area (Å²) >= 11 is 0. The van der Waals surface area contributed by atoms with Gasteiger partial charge < -0.3 is 10.2 Å². The number of likely N-dealkylation sites (N-methyl/N-ethyl adjacent to an activating group) is 2. The van der Waals surface area contributed by atoms with Crippen LogP contribution in [0.3, 0.4) is 0 Å². The summed E-state index contributed by atoms with van der Waals surface area (Å²) in [5.41, 5.74) is 1.30. The molecule has 0 aromatic heterocycles. The minimum atomic E-state index is 0.672. The van der Waals surface area contributed by atoms with Crippen LogP contribution >= 0.6 is 0 Å². The SMILES string of the molecule is C=C(CNCC)CN1CCN(C)C(C)C1. The molecule has 1 N–H and O–H groups in total. The standard InChI is InChI=1S/C12H25N3/c1-5-13-8-11(2)9-15-7-6-14(4)12(3)10-15/h12-13H,2,5-10H2,1,3-4H3. The third-order valence-electron chi connectivity index (χ3n) is 3.12. The van der Waals surface area contributed by atoms with Crippen molar-refractivity contribution in [3.8, 4) is 0 Å². The van der Waals surface area contributed by atoms with Crippen LogP contribution in [0.4, 0.5) is 0 Å². The molecule has 0 spiro atoms. The molecular weight excluding hydrogens is 186 g/mol. The molecule has 1 unspecified atom stereocenters. The van der Waals surface area contributed by atoms with Crippen molar-refractivity contribution in [2.75, 3.05) is 46.3 Å². The first-order valence-electron chi connectivity index (χ1n) is 5.93. The van der Waals surface area contributed by atoms with Gasteiger partial charge in [0.2, 0.25) is 0 Å². The van der Waals surface area contributed by atoms with Crippen molar-refractivity contribution in [2.24, 2.45) is 0 Å². The maximum atomic E-state index is 4.11. The van der Waals surface area contributed by atoms with E-state index in [9.17, 15) is 0 Å². The van der Waals surface area contributed by atoms with Crippen molar-refractivity contribution >= 4 is 0 Å². The van der Waals surface area contributed by atoms with Gasteiger partial charge >= 0.3 is 0 Å². The Hall–Kier alpha value is -0.380. The molecule has 15 heavy (non-hydrogen) atoms. The zero-order chi connectivity index (χ0) is 11.3. The second-order valence-corrected chi connectivity index (χ2v) is 4.60. The number of piperazine rings is 1. The number of nitrogens with zero attached hydrogens (tertiary/aromatic N) is 2. The lowest BCUT2D eigenvalue weighted by molar-refractivity contribution is 0.112. The quantitative estimate of drug-likeness (QED) is 0.678. The molecule has 1 rings (SSSR count). The highest BCUT2D eigenvalue weighted by atomic mass is 15.3. The average molecular weight is 211 g/mol. The second kappa shape index (κ2) is 6.26. The van der Waals surface area contributed by atoms with Crippen LogP contribution in [0.25, 0.3) is 0 Å². The molecule has 3 nitrogen and oxygen atoms in total. The first kappa shape index (κ1) is 12.7.